The van der Waals surface area contributed by atoms with Gasteiger partial charge >= 0.3 is 0 Å². The van der Waals surface area contributed by atoms with Gasteiger partial charge in [-0.1, -0.05) is 28.7 Å². The molecule has 154 valence electrons. The first-order chi connectivity index (χ1) is 14.0. The van der Waals surface area contributed by atoms with E-state index < -0.39 is 11.1 Å². The minimum absolute atomic E-state index is 0.0613. The van der Waals surface area contributed by atoms with Gasteiger partial charge in [-0.05, 0) is 42.8 Å². The van der Waals surface area contributed by atoms with E-state index in [0.29, 0.717) is 28.6 Å². The van der Waals surface area contributed by atoms with Gasteiger partial charge in [0.2, 0.25) is 0 Å². The van der Waals surface area contributed by atoms with Crippen molar-refractivity contribution in [2.45, 2.75) is 12.7 Å². The molecule has 0 saturated heterocycles. The first-order valence-corrected chi connectivity index (χ1v) is 10.6. The van der Waals surface area contributed by atoms with Crippen LogP contribution in [-0.2, 0) is 16.8 Å². The fourth-order valence-electron chi connectivity index (χ4n) is 3.31. The van der Waals surface area contributed by atoms with Gasteiger partial charge in [-0.25, -0.2) is 0 Å². The van der Waals surface area contributed by atoms with E-state index >= 15 is 0 Å². The van der Waals surface area contributed by atoms with E-state index in [0.717, 1.165) is 17.1 Å². The van der Waals surface area contributed by atoms with Crippen molar-refractivity contribution >= 4 is 34.1 Å². The van der Waals surface area contributed by atoms with Gasteiger partial charge in [0.15, 0.2) is 11.5 Å². The highest BCUT2D eigenvalue weighted by Crippen LogP contribution is 2.43. The summed E-state index contributed by atoms with van der Waals surface area (Å²) in [5.41, 5.74) is 3.14. The van der Waals surface area contributed by atoms with Crippen LogP contribution in [0.2, 0.25) is 5.02 Å². The average molecular weight is 434 g/mol. The number of halogens is 1. The van der Waals surface area contributed by atoms with Crippen molar-refractivity contribution in [1.29, 1.82) is 0 Å². The molecule has 0 radical (unpaired) electrons. The second-order valence-electron chi connectivity index (χ2n) is 6.26. The first-order valence-electron chi connectivity index (χ1n) is 8.99. The number of rotatable bonds is 8. The lowest BCUT2D eigenvalue weighted by molar-refractivity contribution is 0.355. The molecule has 3 rings (SSSR count). The fourth-order valence-corrected chi connectivity index (χ4v) is 4.01. The molecular weight excluding hydrogens is 412 g/mol. The molecule has 0 N–H and O–H groups in total. The van der Waals surface area contributed by atoms with Gasteiger partial charge in [0.05, 0.1) is 25.6 Å². The van der Waals surface area contributed by atoms with Gasteiger partial charge in [-0.2, -0.15) is 0 Å². The Kier molecular flexibility index (Phi) is 6.84. The van der Waals surface area contributed by atoms with E-state index in [1.54, 1.807) is 20.3 Å². The minimum atomic E-state index is -2.19. The molecule has 1 heterocycles. The van der Waals surface area contributed by atoms with Crippen LogP contribution >= 0.6 is 11.6 Å². The van der Waals surface area contributed by atoms with E-state index in [9.17, 15) is 8.76 Å². The SMILES string of the molecule is CCN(c1ccc(CS(=O)[O-])c(-n2cccc2)c1)c1cc(Cl)cc(OC)c1OC. The summed E-state index contributed by atoms with van der Waals surface area (Å²) in [5.74, 6) is 1.05. The normalized spacial score (nSPS) is 11.9. The molecule has 29 heavy (non-hydrogen) atoms. The van der Waals surface area contributed by atoms with E-state index in [1.165, 1.54) is 0 Å². The van der Waals surface area contributed by atoms with E-state index in [-0.39, 0.29) is 5.75 Å². The van der Waals surface area contributed by atoms with Gasteiger partial charge < -0.3 is 23.5 Å². The number of aromatic nitrogens is 1. The summed E-state index contributed by atoms with van der Waals surface area (Å²) in [7, 11) is 3.15. The lowest BCUT2D eigenvalue weighted by atomic mass is 10.1. The van der Waals surface area contributed by atoms with Crippen LogP contribution in [0, 0.1) is 0 Å². The van der Waals surface area contributed by atoms with E-state index in [2.05, 4.69) is 0 Å². The van der Waals surface area contributed by atoms with E-state index in [1.807, 2.05) is 65.2 Å². The maximum Gasteiger partial charge on any atom is 0.184 e. The number of anilines is 2. The van der Waals surface area contributed by atoms with Crippen molar-refractivity contribution in [1.82, 2.24) is 4.57 Å². The standard InChI is InChI=1S/C21H23ClN2O4S/c1-4-24(19-11-16(22)12-20(27-2)21(19)28-3)17-8-7-15(14-29(25)26)18(13-17)23-9-5-6-10-23/h5-13H,4,14H2,1-3H3,(H,25,26)/p-1. The molecule has 0 aliphatic heterocycles. The molecule has 0 spiro atoms. The summed E-state index contributed by atoms with van der Waals surface area (Å²) >= 11 is 4.12. The fraction of sp³-hybridized carbons (Fsp3) is 0.238. The third kappa shape index (κ3) is 4.58. The second kappa shape index (κ2) is 9.35. The van der Waals surface area contributed by atoms with Crippen LogP contribution in [0.25, 0.3) is 5.69 Å². The van der Waals surface area contributed by atoms with Gasteiger partial charge in [0.25, 0.3) is 0 Å². The summed E-state index contributed by atoms with van der Waals surface area (Å²) < 4.78 is 35.5. The van der Waals surface area contributed by atoms with Crippen molar-refractivity contribution in [3.63, 3.8) is 0 Å². The third-order valence-electron chi connectivity index (χ3n) is 4.57. The molecule has 0 amide bonds. The number of nitrogens with zero attached hydrogens (tertiary/aromatic N) is 2. The summed E-state index contributed by atoms with van der Waals surface area (Å²) in [6.07, 6.45) is 3.77. The average Bonchev–Trinajstić information content (AvgIpc) is 3.23. The van der Waals surface area contributed by atoms with Gasteiger partial charge in [0, 0.05) is 41.5 Å². The largest absolute Gasteiger partial charge is 0.772 e. The van der Waals surface area contributed by atoms with Crippen LogP contribution in [0.1, 0.15) is 12.5 Å². The maximum absolute atomic E-state index is 11.3. The van der Waals surface area contributed by atoms with Crippen LogP contribution in [0.3, 0.4) is 0 Å². The molecule has 8 heteroatoms. The number of hydrogen-bond donors (Lipinski definition) is 0. The molecule has 3 aromatic rings. The predicted octanol–water partition coefficient (Wildman–Crippen LogP) is 4.69. The highest BCUT2D eigenvalue weighted by atomic mass is 35.5. The highest BCUT2D eigenvalue weighted by molar-refractivity contribution is 7.78. The Bertz CT molecular complexity index is 1010. The second-order valence-corrected chi connectivity index (χ2v) is 7.59. The summed E-state index contributed by atoms with van der Waals surface area (Å²) in [5, 5.41) is 0.528. The third-order valence-corrected chi connectivity index (χ3v) is 5.33. The zero-order valence-electron chi connectivity index (χ0n) is 16.4. The molecule has 0 fully saturated rings. The number of benzene rings is 2. The van der Waals surface area contributed by atoms with Crippen molar-refractivity contribution in [2.75, 3.05) is 25.7 Å². The highest BCUT2D eigenvalue weighted by Gasteiger charge is 2.19. The predicted molar refractivity (Wildman–Crippen MR) is 116 cm³/mol. The molecule has 0 saturated carbocycles. The van der Waals surface area contributed by atoms with E-state index in [4.69, 9.17) is 21.1 Å². The van der Waals surface area contributed by atoms with Crippen LogP contribution in [0.5, 0.6) is 11.5 Å². The smallest absolute Gasteiger partial charge is 0.184 e. The Morgan fingerprint density at radius 3 is 2.45 bits per heavy atom. The Morgan fingerprint density at radius 1 is 1.14 bits per heavy atom. The van der Waals surface area contributed by atoms with Gasteiger partial charge in [0.1, 0.15) is 0 Å². The molecule has 1 aromatic heterocycles. The monoisotopic (exact) mass is 433 g/mol. The Morgan fingerprint density at radius 2 is 1.86 bits per heavy atom. The minimum Gasteiger partial charge on any atom is -0.772 e. The number of methoxy groups -OCH3 is 2. The summed E-state index contributed by atoms with van der Waals surface area (Å²) in [4.78, 5) is 2.04. The molecule has 1 unspecified atom stereocenters. The topological polar surface area (TPSA) is 66.8 Å². The molecule has 1 atom stereocenters. The van der Waals surface area contributed by atoms with Crippen LogP contribution in [0.4, 0.5) is 11.4 Å². The van der Waals surface area contributed by atoms with Crippen molar-refractivity contribution in [3.8, 4) is 17.2 Å². The quantitative estimate of drug-likeness (QED) is 0.482. The van der Waals surface area contributed by atoms with Crippen molar-refractivity contribution in [2.24, 2.45) is 0 Å². The number of hydrogen-bond acceptors (Lipinski definition) is 5. The molecule has 6 nitrogen and oxygen atoms in total. The Labute approximate surface area is 177 Å². The summed E-state index contributed by atoms with van der Waals surface area (Å²) in [6, 6.07) is 13.0. The van der Waals surface area contributed by atoms with Crippen molar-refractivity contribution in [3.05, 3.63) is 65.4 Å². The van der Waals surface area contributed by atoms with Crippen LogP contribution < -0.4 is 14.4 Å². The lowest BCUT2D eigenvalue weighted by Crippen LogP contribution is -2.18. The zero-order valence-corrected chi connectivity index (χ0v) is 18.0. The lowest BCUT2D eigenvalue weighted by Gasteiger charge is -2.27. The molecule has 0 aliphatic carbocycles. The first kappa shape index (κ1) is 21.2. The maximum atomic E-state index is 11.3. The molecule has 0 bridgehead atoms. The zero-order chi connectivity index (χ0) is 21.0. The number of ether oxygens (including phenoxy) is 2. The van der Waals surface area contributed by atoms with Gasteiger partial charge in [-0.15, -0.1) is 0 Å². The van der Waals surface area contributed by atoms with Gasteiger partial charge in [-0.3, -0.25) is 4.21 Å². The Balaban J connectivity index is 2.15. The van der Waals surface area contributed by atoms with Crippen LogP contribution in [-0.4, -0.2) is 34.1 Å². The Hall–Kier alpha value is -2.48. The molecule has 2 aromatic carbocycles. The summed E-state index contributed by atoms with van der Waals surface area (Å²) in [6.45, 7) is 2.65. The van der Waals surface area contributed by atoms with Crippen LogP contribution in [0.15, 0.2) is 54.9 Å². The van der Waals surface area contributed by atoms with Crippen molar-refractivity contribution < 1.29 is 18.2 Å². The molecule has 0 aliphatic rings. The molecular formula is C21H22ClN2O4S-.